The number of alkyl halides is 3. The van der Waals surface area contributed by atoms with Gasteiger partial charge in [0.2, 0.25) is 0 Å². The number of rotatable bonds is 4. The molecule has 0 bridgehead atoms. The van der Waals surface area contributed by atoms with Gasteiger partial charge in [-0.25, -0.2) is 4.79 Å². The third-order valence-corrected chi connectivity index (χ3v) is 4.33. The molecule has 11 heteroatoms. The Kier molecular flexibility index (Phi) is 4.34. The first-order chi connectivity index (χ1) is 12.6. The second kappa shape index (κ2) is 6.27. The first kappa shape index (κ1) is 18.7. The molecule has 1 aromatic heterocycles. The number of nitrogens with one attached hydrogen (secondary N) is 2. The van der Waals surface area contributed by atoms with Crippen molar-refractivity contribution in [2.75, 3.05) is 12.4 Å². The summed E-state index contributed by atoms with van der Waals surface area (Å²) in [4.78, 5) is 37.6. The molecule has 3 rings (SSSR count). The van der Waals surface area contributed by atoms with Crippen LogP contribution in [-0.2, 0) is 23.4 Å². The normalized spacial score (nSPS) is 18.9. The molecular formula is C16H14F3N3O5. The Hall–Kier alpha value is -3.08. The van der Waals surface area contributed by atoms with Gasteiger partial charge in [-0.15, -0.1) is 0 Å². The molecule has 0 saturated carbocycles. The number of ether oxygens (including phenoxy) is 1. The van der Waals surface area contributed by atoms with E-state index in [9.17, 15) is 32.7 Å². The van der Waals surface area contributed by atoms with Crippen molar-refractivity contribution in [3.05, 3.63) is 56.2 Å². The zero-order valence-electron chi connectivity index (χ0n) is 13.9. The number of aromatic amines is 1. The molecule has 0 radical (unpaired) electrons. The molecule has 0 saturated heterocycles. The van der Waals surface area contributed by atoms with Gasteiger partial charge in [0.25, 0.3) is 17.1 Å². The van der Waals surface area contributed by atoms with E-state index in [0.717, 1.165) is 4.57 Å². The quantitative estimate of drug-likeness (QED) is 0.709. The highest BCUT2D eigenvalue weighted by molar-refractivity contribution is 6.04. The topological polar surface area (TPSA) is 113 Å². The number of anilines is 1. The number of hydrogen-bond acceptors (Lipinski definition) is 5. The van der Waals surface area contributed by atoms with Crippen LogP contribution in [-0.4, -0.2) is 33.9 Å². The first-order valence-corrected chi connectivity index (χ1v) is 7.71. The van der Waals surface area contributed by atoms with Gasteiger partial charge < -0.3 is 15.2 Å². The molecule has 1 aliphatic heterocycles. The van der Waals surface area contributed by atoms with Crippen LogP contribution in [0.3, 0.4) is 0 Å². The molecule has 144 valence electrons. The van der Waals surface area contributed by atoms with E-state index in [0.29, 0.717) is 11.3 Å². The molecule has 2 aromatic rings. The number of aromatic nitrogens is 2. The SMILES string of the molecule is COc1ccccc1CCn1c2c(c(=O)[nH]c1=O)[C@@](O)(C(F)(F)F)C(=O)N2. The smallest absolute Gasteiger partial charge is 0.431 e. The number of carbonyl (C=O) groups is 1. The lowest BCUT2D eigenvalue weighted by Crippen LogP contribution is -2.50. The standard InChI is InChI=1S/C16H14F3N3O5/c1-27-9-5-3-2-4-8(9)6-7-22-11-10(12(23)21-14(22)25)15(26,13(24)20-11)16(17,18)19/h2-5,26H,6-7H2,1H3,(H,20,24)(H,21,23,25)/t15-/m0/s1. The number of nitrogens with zero attached hydrogens (tertiary/aromatic N) is 1. The van der Waals surface area contributed by atoms with Crippen molar-refractivity contribution < 1.29 is 27.8 Å². The Morgan fingerprint density at radius 1 is 1.22 bits per heavy atom. The Morgan fingerprint density at radius 2 is 1.89 bits per heavy atom. The minimum Gasteiger partial charge on any atom is -0.496 e. The van der Waals surface area contributed by atoms with Gasteiger partial charge in [-0.05, 0) is 18.1 Å². The predicted octanol–water partition coefficient (Wildman–Crippen LogP) is 0.490. The number of hydrogen-bond donors (Lipinski definition) is 3. The monoisotopic (exact) mass is 385 g/mol. The van der Waals surface area contributed by atoms with Crippen LogP contribution in [0, 0.1) is 0 Å². The number of benzene rings is 1. The zero-order chi connectivity index (χ0) is 20.0. The van der Waals surface area contributed by atoms with Crippen molar-refractivity contribution in [1.29, 1.82) is 0 Å². The molecule has 8 nitrogen and oxygen atoms in total. The van der Waals surface area contributed by atoms with Gasteiger partial charge in [0.1, 0.15) is 17.1 Å². The third kappa shape index (κ3) is 2.79. The van der Waals surface area contributed by atoms with E-state index in [1.807, 2.05) is 5.32 Å². The Balaban J connectivity index is 2.09. The number of amides is 1. The van der Waals surface area contributed by atoms with Gasteiger partial charge in [0.15, 0.2) is 0 Å². The first-order valence-electron chi connectivity index (χ1n) is 7.71. The highest BCUT2D eigenvalue weighted by Gasteiger charge is 2.66. The van der Waals surface area contributed by atoms with Gasteiger partial charge in [-0.2, -0.15) is 13.2 Å². The van der Waals surface area contributed by atoms with E-state index in [1.165, 1.54) is 7.11 Å². The average Bonchev–Trinajstić information content (AvgIpc) is 2.87. The van der Waals surface area contributed by atoms with Gasteiger partial charge in [-0.1, -0.05) is 18.2 Å². The van der Waals surface area contributed by atoms with Crippen LogP contribution in [0.15, 0.2) is 33.9 Å². The number of H-pyrrole nitrogens is 1. The Morgan fingerprint density at radius 3 is 2.52 bits per heavy atom. The molecule has 1 amide bonds. The number of fused-ring (bicyclic) bond motifs is 1. The summed E-state index contributed by atoms with van der Waals surface area (Å²) in [6, 6.07) is 6.79. The van der Waals surface area contributed by atoms with Crippen molar-refractivity contribution in [2.45, 2.75) is 24.7 Å². The summed E-state index contributed by atoms with van der Waals surface area (Å²) in [6.07, 6.45) is -5.29. The molecule has 1 atom stereocenters. The van der Waals surface area contributed by atoms with Crippen LogP contribution in [0.25, 0.3) is 0 Å². The lowest BCUT2D eigenvalue weighted by Gasteiger charge is -2.22. The average molecular weight is 385 g/mol. The van der Waals surface area contributed by atoms with E-state index in [2.05, 4.69) is 0 Å². The molecule has 0 aliphatic carbocycles. The maximum absolute atomic E-state index is 13.3. The molecule has 3 N–H and O–H groups in total. The van der Waals surface area contributed by atoms with E-state index in [1.54, 1.807) is 29.2 Å². The van der Waals surface area contributed by atoms with Crippen LogP contribution >= 0.6 is 0 Å². The highest BCUT2D eigenvalue weighted by atomic mass is 19.4. The summed E-state index contributed by atoms with van der Waals surface area (Å²) in [5, 5.41) is 11.7. The number of para-hydroxylation sites is 1. The van der Waals surface area contributed by atoms with Crippen LogP contribution in [0.1, 0.15) is 11.1 Å². The van der Waals surface area contributed by atoms with Crippen molar-refractivity contribution in [2.24, 2.45) is 0 Å². The summed E-state index contributed by atoms with van der Waals surface area (Å²) < 4.78 is 45.7. The van der Waals surface area contributed by atoms with Crippen molar-refractivity contribution >= 4 is 11.7 Å². The molecule has 1 aromatic carbocycles. The minimum absolute atomic E-state index is 0.155. The van der Waals surface area contributed by atoms with Crippen LogP contribution in [0.5, 0.6) is 5.75 Å². The molecule has 0 spiro atoms. The second-order valence-electron chi connectivity index (χ2n) is 5.86. The summed E-state index contributed by atoms with van der Waals surface area (Å²) in [5.41, 5.74) is -7.13. The molecule has 27 heavy (non-hydrogen) atoms. The summed E-state index contributed by atoms with van der Waals surface area (Å²) in [7, 11) is 1.44. The number of methoxy groups -OCH3 is 1. The lowest BCUT2D eigenvalue weighted by atomic mass is 9.97. The van der Waals surface area contributed by atoms with Gasteiger partial charge in [-0.3, -0.25) is 19.1 Å². The predicted molar refractivity (Wildman–Crippen MR) is 86.6 cm³/mol. The summed E-state index contributed by atoms with van der Waals surface area (Å²) in [5.74, 6) is -2.02. The molecule has 2 heterocycles. The minimum atomic E-state index is -5.44. The lowest BCUT2D eigenvalue weighted by molar-refractivity contribution is -0.252. The van der Waals surface area contributed by atoms with Gasteiger partial charge in [0.05, 0.1) is 7.11 Å². The van der Waals surface area contributed by atoms with E-state index < -0.39 is 40.3 Å². The van der Waals surface area contributed by atoms with E-state index in [4.69, 9.17) is 4.74 Å². The summed E-state index contributed by atoms with van der Waals surface area (Å²) in [6.45, 7) is -0.174. The summed E-state index contributed by atoms with van der Waals surface area (Å²) >= 11 is 0. The second-order valence-corrected chi connectivity index (χ2v) is 5.86. The van der Waals surface area contributed by atoms with Crippen LogP contribution < -0.4 is 21.3 Å². The number of aryl methyl sites for hydroxylation is 1. The molecule has 1 aliphatic rings. The van der Waals surface area contributed by atoms with Crippen molar-refractivity contribution in [3.8, 4) is 5.75 Å². The number of halogens is 3. The maximum Gasteiger partial charge on any atom is 0.431 e. The van der Waals surface area contributed by atoms with E-state index in [-0.39, 0.29) is 13.0 Å². The zero-order valence-corrected chi connectivity index (χ0v) is 13.9. The Bertz CT molecular complexity index is 1030. The third-order valence-electron chi connectivity index (χ3n) is 4.33. The number of carbonyl (C=O) groups excluding carboxylic acids is 1. The fourth-order valence-electron chi connectivity index (χ4n) is 2.97. The van der Waals surface area contributed by atoms with Gasteiger partial charge >= 0.3 is 11.9 Å². The van der Waals surface area contributed by atoms with Crippen LogP contribution in [0.2, 0.25) is 0 Å². The largest absolute Gasteiger partial charge is 0.496 e. The van der Waals surface area contributed by atoms with E-state index >= 15 is 0 Å². The van der Waals surface area contributed by atoms with Gasteiger partial charge in [0, 0.05) is 6.54 Å². The van der Waals surface area contributed by atoms with Crippen molar-refractivity contribution in [1.82, 2.24) is 9.55 Å². The number of aliphatic hydroxyl groups is 1. The fourth-order valence-corrected chi connectivity index (χ4v) is 2.97. The van der Waals surface area contributed by atoms with Crippen LogP contribution in [0.4, 0.5) is 19.0 Å². The molecule has 0 fully saturated rings. The van der Waals surface area contributed by atoms with Crippen molar-refractivity contribution in [3.63, 3.8) is 0 Å². The Labute approximate surface area is 149 Å². The molecule has 0 unspecified atom stereocenters. The maximum atomic E-state index is 13.3. The fraction of sp³-hybridized carbons (Fsp3) is 0.312. The highest BCUT2D eigenvalue weighted by Crippen LogP contribution is 2.44. The molecular weight excluding hydrogens is 371 g/mol.